The SMILES string of the molecule is CCC(CC)(C(=O)c1c(Cl)cnn1C)N(C)C. The fourth-order valence-corrected chi connectivity index (χ4v) is 2.54. The molecular formula is C12H20ClN3O. The summed E-state index contributed by atoms with van der Waals surface area (Å²) in [5, 5.41) is 4.45. The van der Waals surface area contributed by atoms with E-state index >= 15 is 0 Å². The first-order chi connectivity index (χ1) is 7.90. The van der Waals surface area contributed by atoms with E-state index in [1.54, 1.807) is 11.7 Å². The Morgan fingerprint density at radius 3 is 2.29 bits per heavy atom. The summed E-state index contributed by atoms with van der Waals surface area (Å²) in [6.45, 7) is 4.04. The Morgan fingerprint density at radius 2 is 2.00 bits per heavy atom. The van der Waals surface area contributed by atoms with Gasteiger partial charge in [-0.1, -0.05) is 25.4 Å². The van der Waals surface area contributed by atoms with E-state index in [0.29, 0.717) is 10.7 Å². The van der Waals surface area contributed by atoms with E-state index in [2.05, 4.69) is 5.10 Å². The molecule has 0 fully saturated rings. The molecule has 0 bridgehead atoms. The molecule has 96 valence electrons. The maximum Gasteiger partial charge on any atom is 0.202 e. The minimum atomic E-state index is -0.503. The topological polar surface area (TPSA) is 38.1 Å². The highest BCUT2D eigenvalue weighted by Gasteiger charge is 2.39. The Balaban J connectivity index is 3.27. The lowest BCUT2D eigenvalue weighted by Gasteiger charge is -2.36. The van der Waals surface area contributed by atoms with Gasteiger partial charge in [-0.05, 0) is 26.9 Å². The summed E-state index contributed by atoms with van der Waals surface area (Å²) in [6.07, 6.45) is 3.01. The highest BCUT2D eigenvalue weighted by molar-refractivity contribution is 6.34. The van der Waals surface area contributed by atoms with Crippen molar-refractivity contribution >= 4 is 17.4 Å². The summed E-state index contributed by atoms with van der Waals surface area (Å²) in [5.74, 6) is 0.0394. The molecule has 0 N–H and O–H groups in total. The predicted octanol–water partition coefficient (Wildman–Crippen LogP) is 2.38. The number of carbonyl (C=O) groups is 1. The van der Waals surface area contributed by atoms with Crippen LogP contribution in [0.1, 0.15) is 37.2 Å². The second-order valence-electron chi connectivity index (χ2n) is 4.43. The molecule has 0 atom stereocenters. The molecule has 1 aromatic rings. The van der Waals surface area contributed by atoms with Gasteiger partial charge in [0.25, 0.3) is 0 Å². The molecule has 0 unspecified atom stereocenters. The predicted molar refractivity (Wildman–Crippen MR) is 69.5 cm³/mol. The van der Waals surface area contributed by atoms with Crippen LogP contribution in [-0.2, 0) is 7.05 Å². The van der Waals surface area contributed by atoms with Gasteiger partial charge in [0.1, 0.15) is 5.69 Å². The van der Waals surface area contributed by atoms with Crippen molar-refractivity contribution in [3.63, 3.8) is 0 Å². The summed E-state index contributed by atoms with van der Waals surface area (Å²) in [6, 6.07) is 0. The quantitative estimate of drug-likeness (QED) is 0.760. The Bertz CT molecular complexity index is 388. The zero-order valence-corrected chi connectivity index (χ0v) is 11.9. The first-order valence-electron chi connectivity index (χ1n) is 5.80. The number of ketones is 1. The molecule has 17 heavy (non-hydrogen) atoms. The number of Topliss-reactive ketones (excluding diaryl/α,β-unsaturated/α-hetero) is 1. The van der Waals surface area contributed by atoms with E-state index in [-0.39, 0.29) is 5.78 Å². The third-order valence-electron chi connectivity index (χ3n) is 3.56. The Hall–Kier alpha value is -0.870. The summed E-state index contributed by atoms with van der Waals surface area (Å²) in [4.78, 5) is 14.7. The number of hydrogen-bond donors (Lipinski definition) is 0. The van der Waals surface area contributed by atoms with Crippen LogP contribution >= 0.6 is 11.6 Å². The summed E-state index contributed by atoms with van der Waals surface area (Å²) >= 11 is 6.04. The van der Waals surface area contributed by atoms with E-state index in [9.17, 15) is 4.79 Å². The Kier molecular flexibility index (Phi) is 4.33. The van der Waals surface area contributed by atoms with Crippen LogP contribution in [-0.4, -0.2) is 40.1 Å². The third kappa shape index (κ3) is 2.24. The molecule has 0 spiro atoms. The van der Waals surface area contributed by atoms with Gasteiger partial charge in [0, 0.05) is 7.05 Å². The number of carbonyl (C=O) groups excluding carboxylic acids is 1. The molecule has 4 nitrogen and oxygen atoms in total. The van der Waals surface area contributed by atoms with Gasteiger partial charge in [-0.15, -0.1) is 0 Å². The van der Waals surface area contributed by atoms with Crippen molar-refractivity contribution in [2.24, 2.45) is 7.05 Å². The molecule has 0 radical (unpaired) electrons. The summed E-state index contributed by atoms with van der Waals surface area (Å²) in [7, 11) is 5.59. The number of likely N-dealkylation sites (N-methyl/N-ethyl adjacent to an activating group) is 1. The molecule has 0 aliphatic heterocycles. The van der Waals surface area contributed by atoms with Gasteiger partial charge in [0.15, 0.2) is 0 Å². The van der Waals surface area contributed by atoms with Crippen LogP contribution in [0, 0.1) is 0 Å². The molecule has 1 rings (SSSR count). The molecule has 0 aliphatic rings. The van der Waals surface area contributed by atoms with Gasteiger partial charge >= 0.3 is 0 Å². The van der Waals surface area contributed by atoms with Crippen molar-refractivity contribution in [3.05, 3.63) is 16.9 Å². The molecule has 1 aromatic heterocycles. The van der Waals surface area contributed by atoms with Crippen LogP contribution in [0.3, 0.4) is 0 Å². The number of aromatic nitrogens is 2. The van der Waals surface area contributed by atoms with Crippen molar-refractivity contribution in [2.75, 3.05) is 14.1 Å². The number of rotatable bonds is 5. The molecular weight excluding hydrogens is 238 g/mol. The van der Waals surface area contributed by atoms with Crippen LogP contribution in [0.5, 0.6) is 0 Å². The van der Waals surface area contributed by atoms with Gasteiger partial charge in [-0.25, -0.2) is 0 Å². The van der Waals surface area contributed by atoms with Crippen molar-refractivity contribution in [1.82, 2.24) is 14.7 Å². The zero-order chi connectivity index (χ0) is 13.2. The summed E-state index contributed by atoms with van der Waals surface area (Å²) in [5.41, 5.74) is -0.0127. The van der Waals surface area contributed by atoms with E-state index in [0.717, 1.165) is 12.8 Å². The first-order valence-corrected chi connectivity index (χ1v) is 6.18. The van der Waals surface area contributed by atoms with Crippen molar-refractivity contribution in [2.45, 2.75) is 32.2 Å². The molecule has 0 amide bonds. The molecule has 0 aromatic carbocycles. The maximum atomic E-state index is 12.7. The van der Waals surface area contributed by atoms with Gasteiger partial charge in [0.05, 0.1) is 16.8 Å². The average molecular weight is 258 g/mol. The molecule has 1 heterocycles. The number of hydrogen-bond acceptors (Lipinski definition) is 3. The lowest BCUT2D eigenvalue weighted by Crippen LogP contribution is -2.50. The number of aryl methyl sites for hydroxylation is 1. The van der Waals surface area contributed by atoms with Crippen LogP contribution in [0.2, 0.25) is 5.02 Å². The van der Waals surface area contributed by atoms with E-state index in [4.69, 9.17) is 11.6 Å². The zero-order valence-electron chi connectivity index (χ0n) is 11.1. The molecule has 0 aliphatic carbocycles. The highest BCUT2D eigenvalue weighted by atomic mass is 35.5. The fraction of sp³-hybridized carbons (Fsp3) is 0.667. The van der Waals surface area contributed by atoms with Crippen LogP contribution in [0.4, 0.5) is 0 Å². The van der Waals surface area contributed by atoms with Gasteiger partial charge < -0.3 is 0 Å². The van der Waals surface area contributed by atoms with Crippen molar-refractivity contribution < 1.29 is 4.79 Å². The fourth-order valence-electron chi connectivity index (χ4n) is 2.29. The Labute approximate surface area is 108 Å². The third-order valence-corrected chi connectivity index (χ3v) is 3.83. The first kappa shape index (κ1) is 14.2. The largest absolute Gasteiger partial charge is 0.297 e. The van der Waals surface area contributed by atoms with Crippen LogP contribution in [0.25, 0.3) is 0 Å². The van der Waals surface area contributed by atoms with Gasteiger partial charge in [-0.2, -0.15) is 5.10 Å². The Morgan fingerprint density at radius 1 is 1.47 bits per heavy atom. The molecule has 5 heteroatoms. The minimum absolute atomic E-state index is 0.0394. The standard InChI is InChI=1S/C12H20ClN3O/c1-6-12(7-2,15(3)4)11(17)10-9(13)8-14-16(10)5/h8H,6-7H2,1-5H3. The smallest absolute Gasteiger partial charge is 0.202 e. The summed E-state index contributed by atoms with van der Waals surface area (Å²) < 4.78 is 1.55. The van der Waals surface area contributed by atoms with Crippen molar-refractivity contribution in [1.29, 1.82) is 0 Å². The minimum Gasteiger partial charge on any atom is -0.297 e. The molecule has 0 saturated heterocycles. The highest BCUT2D eigenvalue weighted by Crippen LogP contribution is 2.29. The second-order valence-corrected chi connectivity index (χ2v) is 4.83. The number of nitrogens with zero attached hydrogens (tertiary/aromatic N) is 3. The number of halogens is 1. The second kappa shape index (κ2) is 5.19. The van der Waals surface area contributed by atoms with E-state index in [1.165, 1.54) is 6.20 Å². The van der Waals surface area contributed by atoms with Crippen LogP contribution in [0.15, 0.2) is 6.20 Å². The normalized spacial score (nSPS) is 12.2. The lowest BCUT2D eigenvalue weighted by atomic mass is 9.85. The monoisotopic (exact) mass is 257 g/mol. The maximum absolute atomic E-state index is 12.7. The van der Waals surface area contributed by atoms with Gasteiger partial charge in [-0.3, -0.25) is 14.4 Å². The average Bonchev–Trinajstić information content (AvgIpc) is 2.60. The van der Waals surface area contributed by atoms with Crippen LogP contribution < -0.4 is 0 Å². The lowest BCUT2D eigenvalue weighted by molar-refractivity contribution is 0.0646. The van der Waals surface area contributed by atoms with Crippen molar-refractivity contribution in [3.8, 4) is 0 Å². The van der Waals surface area contributed by atoms with E-state index in [1.807, 2.05) is 32.8 Å². The molecule has 0 saturated carbocycles. The van der Waals surface area contributed by atoms with E-state index < -0.39 is 5.54 Å². The van der Waals surface area contributed by atoms with Gasteiger partial charge in [0.2, 0.25) is 5.78 Å².